The van der Waals surface area contributed by atoms with Gasteiger partial charge in [-0.1, -0.05) is 48.0 Å². The molecule has 0 bridgehead atoms. The fourth-order valence-corrected chi connectivity index (χ4v) is 3.45. The van der Waals surface area contributed by atoms with Crippen LogP contribution >= 0.6 is 15.9 Å². The van der Waals surface area contributed by atoms with Crippen LogP contribution in [-0.2, 0) is 0 Å². The number of halogens is 1. The van der Waals surface area contributed by atoms with E-state index in [9.17, 15) is 0 Å². The Kier molecular flexibility index (Phi) is 4.43. The zero-order valence-electron chi connectivity index (χ0n) is 14.6. The molecule has 0 saturated carbocycles. The molecule has 0 aliphatic carbocycles. The molecule has 0 unspecified atom stereocenters. The second kappa shape index (κ2) is 6.89. The molecule has 0 fully saturated rings. The van der Waals surface area contributed by atoms with Crippen LogP contribution in [0, 0.1) is 13.8 Å². The van der Waals surface area contributed by atoms with Crippen LogP contribution in [0.15, 0.2) is 71.2 Å². The van der Waals surface area contributed by atoms with Crippen LogP contribution in [0.1, 0.15) is 11.1 Å². The molecule has 0 radical (unpaired) electrons. The molecule has 1 heterocycles. The fourth-order valence-electron chi connectivity index (χ4n) is 2.85. The van der Waals surface area contributed by atoms with Gasteiger partial charge in [0.05, 0.1) is 11.2 Å². The van der Waals surface area contributed by atoms with Gasteiger partial charge in [0.2, 0.25) is 0 Å². The predicted octanol–water partition coefficient (Wildman–Crippen LogP) is 6.42. The first-order chi connectivity index (χ1) is 12.6. The van der Waals surface area contributed by atoms with Gasteiger partial charge in [-0.2, -0.15) is 0 Å². The van der Waals surface area contributed by atoms with Gasteiger partial charge in [-0.15, -0.1) is 0 Å². The van der Waals surface area contributed by atoms with Crippen molar-refractivity contribution in [2.24, 2.45) is 0 Å². The summed E-state index contributed by atoms with van der Waals surface area (Å²) >= 11 is 3.63. The minimum Gasteiger partial charge on any atom is -0.339 e. The fraction of sp³-hybridized carbons (Fsp3) is 0.0909. The normalized spacial score (nSPS) is 10.9. The average molecular weight is 404 g/mol. The zero-order valence-corrected chi connectivity index (χ0v) is 16.2. The van der Waals surface area contributed by atoms with Gasteiger partial charge in [0.1, 0.15) is 5.82 Å². The molecule has 4 aromatic rings. The summed E-state index contributed by atoms with van der Waals surface area (Å²) in [6.07, 6.45) is 0. The Bertz CT molecular complexity index is 1090. The Balaban J connectivity index is 1.85. The average Bonchev–Trinajstić information content (AvgIpc) is 2.64. The second-order valence-corrected chi connectivity index (χ2v) is 7.24. The highest BCUT2D eigenvalue weighted by molar-refractivity contribution is 9.10. The number of aryl methyl sites for hydroxylation is 2. The molecule has 0 atom stereocenters. The highest BCUT2D eigenvalue weighted by Gasteiger charge is 2.11. The van der Waals surface area contributed by atoms with E-state index in [-0.39, 0.29) is 0 Å². The summed E-state index contributed by atoms with van der Waals surface area (Å²) in [5, 5.41) is 4.46. The number of hydrogen-bond acceptors (Lipinski definition) is 3. The lowest BCUT2D eigenvalue weighted by atomic mass is 10.1. The summed E-state index contributed by atoms with van der Waals surface area (Å²) in [7, 11) is 0. The van der Waals surface area contributed by atoms with Crippen LogP contribution in [-0.4, -0.2) is 9.97 Å². The Morgan fingerprint density at radius 2 is 1.54 bits per heavy atom. The van der Waals surface area contributed by atoms with E-state index >= 15 is 0 Å². The van der Waals surface area contributed by atoms with Crippen molar-refractivity contribution >= 4 is 38.3 Å². The topological polar surface area (TPSA) is 37.8 Å². The van der Waals surface area contributed by atoms with Crippen LogP contribution < -0.4 is 5.32 Å². The Morgan fingerprint density at radius 3 is 2.31 bits per heavy atom. The van der Waals surface area contributed by atoms with Crippen LogP contribution in [0.25, 0.3) is 22.3 Å². The third-order valence-electron chi connectivity index (χ3n) is 4.29. The minimum absolute atomic E-state index is 0.717. The van der Waals surface area contributed by atoms with E-state index in [0.29, 0.717) is 0 Å². The van der Waals surface area contributed by atoms with Gasteiger partial charge in [0.15, 0.2) is 5.82 Å². The summed E-state index contributed by atoms with van der Waals surface area (Å²) < 4.78 is 1.01. The van der Waals surface area contributed by atoms with Crippen molar-refractivity contribution < 1.29 is 0 Å². The maximum absolute atomic E-state index is 4.82. The predicted molar refractivity (Wildman–Crippen MR) is 112 cm³/mol. The van der Waals surface area contributed by atoms with Gasteiger partial charge in [0, 0.05) is 15.4 Å². The SMILES string of the molecule is Cc1ccc(-c2nc(Nc3ccc(C)cc3Br)c3ccccc3n2)cc1. The van der Waals surface area contributed by atoms with Crippen molar-refractivity contribution in [2.45, 2.75) is 13.8 Å². The Morgan fingerprint density at radius 1 is 0.808 bits per heavy atom. The molecule has 4 rings (SSSR count). The van der Waals surface area contributed by atoms with Crippen molar-refractivity contribution in [3.8, 4) is 11.4 Å². The Hall–Kier alpha value is -2.72. The van der Waals surface area contributed by atoms with Crippen LogP contribution in [0.4, 0.5) is 11.5 Å². The number of aromatic nitrogens is 2. The van der Waals surface area contributed by atoms with Crippen LogP contribution in [0.3, 0.4) is 0 Å². The van der Waals surface area contributed by atoms with E-state index in [1.54, 1.807) is 0 Å². The molecule has 0 spiro atoms. The smallest absolute Gasteiger partial charge is 0.162 e. The molecule has 26 heavy (non-hydrogen) atoms. The number of benzene rings is 3. The van der Waals surface area contributed by atoms with Gasteiger partial charge in [0.25, 0.3) is 0 Å². The van der Waals surface area contributed by atoms with Crippen molar-refractivity contribution in [1.82, 2.24) is 9.97 Å². The molecule has 1 N–H and O–H groups in total. The maximum Gasteiger partial charge on any atom is 0.162 e. The molecule has 4 heteroatoms. The number of para-hydroxylation sites is 1. The first kappa shape index (κ1) is 16.7. The minimum atomic E-state index is 0.717. The first-order valence-electron chi connectivity index (χ1n) is 8.47. The van der Waals surface area contributed by atoms with E-state index in [0.717, 1.165) is 38.3 Å². The molecule has 0 aliphatic heterocycles. The van der Waals surface area contributed by atoms with Gasteiger partial charge < -0.3 is 5.32 Å². The van der Waals surface area contributed by atoms with Gasteiger partial charge in [-0.05, 0) is 59.6 Å². The van der Waals surface area contributed by atoms with Crippen molar-refractivity contribution in [3.05, 3.63) is 82.3 Å². The molecular weight excluding hydrogens is 386 g/mol. The van der Waals surface area contributed by atoms with E-state index < -0.39 is 0 Å². The summed E-state index contributed by atoms with van der Waals surface area (Å²) in [6.45, 7) is 4.15. The lowest BCUT2D eigenvalue weighted by molar-refractivity contribution is 1.22. The summed E-state index contributed by atoms with van der Waals surface area (Å²) in [6, 6.07) is 22.6. The van der Waals surface area contributed by atoms with E-state index in [4.69, 9.17) is 9.97 Å². The van der Waals surface area contributed by atoms with Crippen molar-refractivity contribution in [1.29, 1.82) is 0 Å². The van der Waals surface area contributed by atoms with Crippen LogP contribution in [0.5, 0.6) is 0 Å². The molecule has 128 valence electrons. The molecule has 0 amide bonds. The van der Waals surface area contributed by atoms with Gasteiger partial charge in [-0.25, -0.2) is 9.97 Å². The number of nitrogens with zero attached hydrogens (tertiary/aromatic N) is 2. The van der Waals surface area contributed by atoms with Gasteiger partial charge in [-0.3, -0.25) is 0 Å². The number of rotatable bonds is 3. The third-order valence-corrected chi connectivity index (χ3v) is 4.95. The molecular formula is C22H18BrN3. The third kappa shape index (κ3) is 3.33. The van der Waals surface area contributed by atoms with Crippen molar-refractivity contribution in [3.63, 3.8) is 0 Å². The second-order valence-electron chi connectivity index (χ2n) is 6.39. The quantitative estimate of drug-likeness (QED) is 0.428. The number of hydrogen-bond donors (Lipinski definition) is 1. The molecule has 3 aromatic carbocycles. The number of nitrogens with one attached hydrogen (secondary N) is 1. The standard InChI is InChI=1S/C22H18BrN3/c1-14-7-10-16(11-8-14)21-24-19-6-4-3-5-17(19)22(26-21)25-20-12-9-15(2)13-18(20)23/h3-13H,1-2H3,(H,24,25,26). The maximum atomic E-state index is 4.82. The molecule has 0 aliphatic rings. The van der Waals surface area contributed by atoms with E-state index in [1.807, 2.05) is 24.3 Å². The number of fused-ring (bicyclic) bond motifs is 1. The summed E-state index contributed by atoms with van der Waals surface area (Å²) in [5.74, 6) is 1.52. The first-order valence-corrected chi connectivity index (χ1v) is 9.26. The molecule has 0 saturated heterocycles. The molecule has 1 aromatic heterocycles. The van der Waals surface area contributed by atoms with Crippen molar-refractivity contribution in [2.75, 3.05) is 5.32 Å². The highest BCUT2D eigenvalue weighted by Crippen LogP contribution is 2.31. The largest absolute Gasteiger partial charge is 0.339 e. The number of anilines is 2. The highest BCUT2D eigenvalue weighted by atomic mass is 79.9. The van der Waals surface area contributed by atoms with E-state index in [1.165, 1.54) is 11.1 Å². The van der Waals surface area contributed by atoms with Gasteiger partial charge >= 0.3 is 0 Å². The lowest BCUT2D eigenvalue weighted by Gasteiger charge is -2.13. The Labute approximate surface area is 161 Å². The monoisotopic (exact) mass is 403 g/mol. The van der Waals surface area contributed by atoms with Crippen LogP contribution in [0.2, 0.25) is 0 Å². The summed E-state index contributed by atoms with van der Waals surface area (Å²) in [5.41, 5.74) is 5.33. The summed E-state index contributed by atoms with van der Waals surface area (Å²) in [4.78, 5) is 9.57. The lowest BCUT2D eigenvalue weighted by Crippen LogP contribution is -2.00. The molecule has 3 nitrogen and oxygen atoms in total. The zero-order chi connectivity index (χ0) is 18.1. The van der Waals surface area contributed by atoms with E-state index in [2.05, 4.69) is 77.6 Å².